The standard InChI is InChI=1S/C29H31FN2O3/c1-29(2,20-35-18-22-11-7-4-8-12-22)28-14-23-13-26(31)25(30)15-27(23)32(28)16-24(33)19-34-17-21-9-5-3-6-10-21/h3-16,33H,17-20,31H2,1-2H3/b24-16-. The molecule has 4 aromatic rings. The predicted octanol–water partition coefficient (Wildman–Crippen LogP) is 6.43. The first-order valence-electron chi connectivity index (χ1n) is 11.6. The SMILES string of the molecule is CC(C)(COCc1ccccc1)c1cc2cc(N)c(F)cc2n1/C=C(\O)COCc1ccccc1. The van der Waals surface area contributed by atoms with E-state index in [4.69, 9.17) is 15.2 Å². The average molecular weight is 475 g/mol. The van der Waals surface area contributed by atoms with Gasteiger partial charge in [0.05, 0.1) is 31.0 Å². The first-order chi connectivity index (χ1) is 16.8. The van der Waals surface area contributed by atoms with Crippen molar-refractivity contribution in [3.63, 3.8) is 0 Å². The van der Waals surface area contributed by atoms with Crippen molar-refractivity contribution in [3.05, 3.63) is 107 Å². The second-order valence-electron chi connectivity index (χ2n) is 9.29. The lowest BCUT2D eigenvalue weighted by atomic mass is 9.90. The van der Waals surface area contributed by atoms with Crippen LogP contribution in [-0.4, -0.2) is 22.9 Å². The Kier molecular flexibility index (Phi) is 7.54. The number of ether oxygens (including phenoxy) is 2. The molecule has 3 aromatic carbocycles. The van der Waals surface area contributed by atoms with Crippen molar-refractivity contribution in [1.82, 2.24) is 4.57 Å². The lowest BCUT2D eigenvalue weighted by Gasteiger charge is -2.26. The van der Waals surface area contributed by atoms with Crippen LogP contribution in [0, 0.1) is 5.82 Å². The van der Waals surface area contributed by atoms with Crippen LogP contribution in [0.1, 0.15) is 30.7 Å². The topological polar surface area (TPSA) is 69.6 Å². The predicted molar refractivity (Wildman–Crippen MR) is 138 cm³/mol. The van der Waals surface area contributed by atoms with Gasteiger partial charge >= 0.3 is 0 Å². The highest BCUT2D eigenvalue weighted by Gasteiger charge is 2.27. The molecule has 0 fully saturated rings. The summed E-state index contributed by atoms with van der Waals surface area (Å²) in [6.45, 7) is 5.42. The highest BCUT2D eigenvalue weighted by Crippen LogP contribution is 2.33. The van der Waals surface area contributed by atoms with E-state index < -0.39 is 11.2 Å². The highest BCUT2D eigenvalue weighted by atomic mass is 19.1. The molecule has 35 heavy (non-hydrogen) atoms. The maximum absolute atomic E-state index is 14.4. The van der Waals surface area contributed by atoms with Gasteiger partial charge < -0.3 is 24.9 Å². The molecular weight excluding hydrogens is 443 g/mol. The van der Waals surface area contributed by atoms with Crippen LogP contribution in [0.4, 0.5) is 10.1 Å². The summed E-state index contributed by atoms with van der Waals surface area (Å²) in [6, 6.07) is 24.7. The third-order valence-electron chi connectivity index (χ3n) is 5.86. The molecule has 0 amide bonds. The lowest BCUT2D eigenvalue weighted by molar-refractivity contribution is 0.0808. The third kappa shape index (κ3) is 6.10. The zero-order valence-electron chi connectivity index (χ0n) is 20.1. The molecule has 0 spiro atoms. The van der Waals surface area contributed by atoms with Gasteiger partial charge in [-0.3, -0.25) is 0 Å². The number of rotatable bonds is 10. The molecule has 5 nitrogen and oxygen atoms in total. The molecule has 4 rings (SSSR count). The van der Waals surface area contributed by atoms with Gasteiger partial charge in [0, 0.05) is 28.8 Å². The van der Waals surface area contributed by atoms with Crippen LogP contribution in [-0.2, 0) is 28.1 Å². The Labute approximate surface area is 205 Å². The number of benzene rings is 3. The minimum absolute atomic E-state index is 0.0242. The summed E-state index contributed by atoms with van der Waals surface area (Å²) in [7, 11) is 0. The van der Waals surface area contributed by atoms with Crippen molar-refractivity contribution >= 4 is 22.8 Å². The Morgan fingerprint density at radius 2 is 1.54 bits per heavy atom. The molecule has 182 valence electrons. The first-order valence-corrected chi connectivity index (χ1v) is 11.6. The number of hydrogen-bond acceptors (Lipinski definition) is 4. The molecule has 0 radical (unpaired) electrons. The van der Waals surface area contributed by atoms with Crippen LogP contribution >= 0.6 is 0 Å². The lowest BCUT2D eigenvalue weighted by Crippen LogP contribution is -2.26. The highest BCUT2D eigenvalue weighted by molar-refractivity contribution is 5.87. The van der Waals surface area contributed by atoms with Crippen molar-refractivity contribution in [2.45, 2.75) is 32.5 Å². The van der Waals surface area contributed by atoms with E-state index in [1.807, 2.05) is 66.7 Å². The minimum Gasteiger partial charge on any atom is -0.508 e. The number of hydrogen-bond donors (Lipinski definition) is 2. The molecule has 0 unspecified atom stereocenters. The summed E-state index contributed by atoms with van der Waals surface area (Å²) in [6.07, 6.45) is 1.58. The molecule has 0 aliphatic carbocycles. The quantitative estimate of drug-likeness (QED) is 0.205. The summed E-state index contributed by atoms with van der Waals surface area (Å²) in [5.41, 5.74) is 9.04. The molecule has 3 N–H and O–H groups in total. The molecular formula is C29H31FN2O3. The van der Waals surface area contributed by atoms with E-state index in [0.717, 1.165) is 22.2 Å². The molecule has 1 aromatic heterocycles. The maximum Gasteiger partial charge on any atom is 0.148 e. The smallest absolute Gasteiger partial charge is 0.148 e. The number of aromatic nitrogens is 1. The molecule has 0 bridgehead atoms. The number of nitrogen functional groups attached to an aromatic ring is 1. The summed E-state index contributed by atoms with van der Waals surface area (Å²) in [4.78, 5) is 0. The molecule has 0 saturated carbocycles. The second kappa shape index (κ2) is 10.8. The van der Waals surface area contributed by atoms with Gasteiger partial charge in [-0.2, -0.15) is 0 Å². The minimum atomic E-state index is -0.505. The van der Waals surface area contributed by atoms with Gasteiger partial charge in [-0.15, -0.1) is 0 Å². The van der Waals surface area contributed by atoms with Crippen molar-refractivity contribution in [3.8, 4) is 0 Å². The van der Waals surface area contributed by atoms with Crippen LogP contribution < -0.4 is 5.73 Å². The Bertz CT molecular complexity index is 1300. The van der Waals surface area contributed by atoms with Crippen LogP contribution in [0.5, 0.6) is 0 Å². The Morgan fingerprint density at radius 1 is 0.943 bits per heavy atom. The first kappa shape index (κ1) is 24.5. The number of aliphatic hydroxyl groups is 1. The fraction of sp³-hybridized carbons (Fsp3) is 0.241. The van der Waals surface area contributed by atoms with Crippen molar-refractivity contribution in [2.24, 2.45) is 0 Å². The molecule has 0 aliphatic rings. The number of halogens is 1. The van der Waals surface area contributed by atoms with Gasteiger partial charge in [0.2, 0.25) is 0 Å². The Morgan fingerprint density at radius 3 is 2.17 bits per heavy atom. The van der Waals surface area contributed by atoms with Gasteiger partial charge in [0.25, 0.3) is 0 Å². The molecule has 0 atom stereocenters. The van der Waals surface area contributed by atoms with Gasteiger partial charge in [-0.1, -0.05) is 74.5 Å². The largest absolute Gasteiger partial charge is 0.508 e. The number of aliphatic hydroxyl groups excluding tert-OH is 1. The second-order valence-corrected chi connectivity index (χ2v) is 9.29. The van der Waals surface area contributed by atoms with Crippen molar-refractivity contribution in [2.75, 3.05) is 18.9 Å². The average Bonchev–Trinajstić information content (AvgIpc) is 3.18. The van der Waals surface area contributed by atoms with Gasteiger partial charge in [0.1, 0.15) is 18.2 Å². The van der Waals surface area contributed by atoms with Crippen LogP contribution in [0.25, 0.3) is 17.1 Å². The number of anilines is 1. The fourth-order valence-corrected chi connectivity index (χ4v) is 4.03. The van der Waals surface area contributed by atoms with E-state index in [0.29, 0.717) is 25.3 Å². The van der Waals surface area contributed by atoms with E-state index in [1.54, 1.807) is 16.8 Å². The summed E-state index contributed by atoms with van der Waals surface area (Å²) in [5.74, 6) is -0.479. The van der Waals surface area contributed by atoms with E-state index in [1.165, 1.54) is 6.07 Å². The normalized spacial score (nSPS) is 12.4. The van der Waals surface area contributed by atoms with Crippen LogP contribution in [0.3, 0.4) is 0 Å². The maximum atomic E-state index is 14.4. The van der Waals surface area contributed by atoms with Crippen molar-refractivity contribution in [1.29, 1.82) is 0 Å². The summed E-state index contributed by atoms with van der Waals surface area (Å²) >= 11 is 0. The van der Waals surface area contributed by atoms with E-state index in [-0.39, 0.29) is 18.1 Å². The van der Waals surface area contributed by atoms with E-state index in [9.17, 15) is 9.50 Å². The van der Waals surface area contributed by atoms with Gasteiger partial charge in [0.15, 0.2) is 0 Å². The summed E-state index contributed by atoms with van der Waals surface area (Å²) in [5, 5.41) is 11.4. The van der Waals surface area contributed by atoms with E-state index >= 15 is 0 Å². The van der Waals surface area contributed by atoms with Crippen LogP contribution in [0.15, 0.2) is 84.6 Å². The van der Waals surface area contributed by atoms with Gasteiger partial charge in [-0.05, 0) is 23.3 Å². The van der Waals surface area contributed by atoms with Crippen molar-refractivity contribution < 1.29 is 19.0 Å². The number of nitrogens with zero attached hydrogens (tertiary/aromatic N) is 1. The van der Waals surface area contributed by atoms with Gasteiger partial charge in [-0.25, -0.2) is 4.39 Å². The zero-order chi connectivity index (χ0) is 24.8. The number of fused-ring (bicyclic) bond motifs is 1. The molecule has 6 heteroatoms. The third-order valence-corrected chi connectivity index (χ3v) is 5.86. The van der Waals surface area contributed by atoms with Crippen LogP contribution in [0.2, 0.25) is 0 Å². The molecule has 0 aliphatic heterocycles. The molecule has 0 saturated heterocycles. The van der Waals surface area contributed by atoms with E-state index in [2.05, 4.69) is 13.8 Å². The summed E-state index contributed by atoms with van der Waals surface area (Å²) < 4.78 is 27.9. The zero-order valence-corrected chi connectivity index (χ0v) is 20.1. The Hall–Kier alpha value is -3.61. The Balaban J connectivity index is 1.57. The number of nitrogens with two attached hydrogens (primary N) is 1. The molecule has 1 heterocycles. The fourth-order valence-electron chi connectivity index (χ4n) is 4.03. The monoisotopic (exact) mass is 474 g/mol.